The Hall–Kier alpha value is -1.29. The molecule has 0 spiro atoms. The monoisotopic (exact) mass is 246 g/mol. The standard InChI is InChI=1S/C13H14N2OS/c16-9-10-4-3-6-15-8-11(14-13(10)15)12-5-1-2-7-17-12/h3-4,6,8-9,12H,1-2,5,7H2. The highest BCUT2D eigenvalue weighted by Crippen LogP contribution is 2.37. The topological polar surface area (TPSA) is 34.4 Å². The Morgan fingerprint density at radius 3 is 3.18 bits per heavy atom. The second kappa shape index (κ2) is 4.53. The van der Waals surface area contributed by atoms with E-state index in [-0.39, 0.29) is 0 Å². The maximum absolute atomic E-state index is 10.9. The zero-order chi connectivity index (χ0) is 11.7. The highest BCUT2D eigenvalue weighted by atomic mass is 32.2. The van der Waals surface area contributed by atoms with E-state index in [1.54, 1.807) is 0 Å². The van der Waals surface area contributed by atoms with E-state index >= 15 is 0 Å². The molecule has 0 N–H and O–H groups in total. The average Bonchev–Trinajstić information content (AvgIpc) is 2.83. The molecule has 88 valence electrons. The number of aldehydes is 1. The Kier molecular flexibility index (Phi) is 2.89. The summed E-state index contributed by atoms with van der Waals surface area (Å²) in [6.45, 7) is 0. The molecule has 1 saturated heterocycles. The molecule has 0 aliphatic carbocycles. The summed E-state index contributed by atoms with van der Waals surface area (Å²) >= 11 is 1.98. The third-order valence-electron chi connectivity index (χ3n) is 3.17. The van der Waals surface area contributed by atoms with Crippen LogP contribution in [0.4, 0.5) is 0 Å². The van der Waals surface area contributed by atoms with Crippen molar-refractivity contribution in [2.45, 2.75) is 24.5 Å². The zero-order valence-electron chi connectivity index (χ0n) is 9.50. The lowest BCUT2D eigenvalue weighted by atomic mass is 10.1. The van der Waals surface area contributed by atoms with Crippen molar-refractivity contribution in [3.63, 3.8) is 0 Å². The predicted octanol–water partition coefficient (Wildman–Crippen LogP) is 3.11. The molecule has 0 amide bonds. The number of fused-ring (bicyclic) bond motifs is 1. The lowest BCUT2D eigenvalue weighted by molar-refractivity contribution is 0.112. The van der Waals surface area contributed by atoms with Gasteiger partial charge >= 0.3 is 0 Å². The van der Waals surface area contributed by atoms with Crippen molar-refractivity contribution in [1.82, 2.24) is 9.38 Å². The zero-order valence-corrected chi connectivity index (χ0v) is 10.3. The summed E-state index contributed by atoms with van der Waals surface area (Å²) in [7, 11) is 0. The van der Waals surface area contributed by atoms with E-state index in [0.29, 0.717) is 10.8 Å². The lowest BCUT2D eigenvalue weighted by Gasteiger charge is -2.18. The van der Waals surface area contributed by atoms with Crippen molar-refractivity contribution in [3.8, 4) is 0 Å². The van der Waals surface area contributed by atoms with Gasteiger partial charge in [-0.05, 0) is 30.7 Å². The van der Waals surface area contributed by atoms with Crippen molar-refractivity contribution < 1.29 is 4.79 Å². The molecule has 1 atom stereocenters. The number of thioether (sulfide) groups is 1. The van der Waals surface area contributed by atoms with Crippen molar-refractivity contribution in [2.24, 2.45) is 0 Å². The molecular weight excluding hydrogens is 232 g/mol. The fraction of sp³-hybridized carbons (Fsp3) is 0.385. The number of carbonyl (C=O) groups is 1. The van der Waals surface area contributed by atoms with Crippen molar-refractivity contribution in [1.29, 1.82) is 0 Å². The first-order chi connectivity index (χ1) is 8.38. The van der Waals surface area contributed by atoms with E-state index in [4.69, 9.17) is 0 Å². The number of rotatable bonds is 2. The van der Waals surface area contributed by atoms with Gasteiger partial charge in [-0.25, -0.2) is 4.98 Å². The number of aromatic nitrogens is 2. The third-order valence-corrected chi connectivity index (χ3v) is 4.57. The van der Waals surface area contributed by atoms with Crippen LogP contribution in [-0.2, 0) is 0 Å². The van der Waals surface area contributed by atoms with Crippen LogP contribution in [0, 0.1) is 0 Å². The molecule has 3 rings (SSSR count). The van der Waals surface area contributed by atoms with Crippen LogP contribution in [0.1, 0.15) is 40.6 Å². The molecule has 2 aromatic rings. The van der Waals surface area contributed by atoms with Crippen LogP contribution in [0.2, 0.25) is 0 Å². The summed E-state index contributed by atoms with van der Waals surface area (Å²) in [6, 6.07) is 3.70. The second-order valence-corrected chi connectivity index (χ2v) is 5.64. The Labute approximate surface area is 104 Å². The van der Waals surface area contributed by atoms with E-state index in [0.717, 1.165) is 17.6 Å². The third kappa shape index (κ3) is 1.97. The average molecular weight is 246 g/mol. The molecule has 1 unspecified atom stereocenters. The van der Waals surface area contributed by atoms with Gasteiger partial charge in [0.1, 0.15) is 5.65 Å². The summed E-state index contributed by atoms with van der Waals surface area (Å²) < 4.78 is 1.95. The SMILES string of the molecule is O=Cc1cccn2cc(C3CCCCS3)nc12. The van der Waals surface area contributed by atoms with Crippen molar-refractivity contribution in [2.75, 3.05) is 5.75 Å². The van der Waals surface area contributed by atoms with Gasteiger partial charge in [0, 0.05) is 17.6 Å². The van der Waals surface area contributed by atoms with E-state index in [2.05, 4.69) is 11.2 Å². The van der Waals surface area contributed by atoms with Crippen LogP contribution < -0.4 is 0 Å². The predicted molar refractivity (Wildman–Crippen MR) is 69.6 cm³/mol. The first-order valence-electron chi connectivity index (χ1n) is 5.93. The Bertz CT molecular complexity index is 543. The van der Waals surface area contributed by atoms with Gasteiger partial charge in [0.25, 0.3) is 0 Å². The number of pyridine rings is 1. The van der Waals surface area contributed by atoms with Crippen molar-refractivity contribution in [3.05, 3.63) is 35.8 Å². The minimum Gasteiger partial charge on any atom is -0.306 e. The van der Waals surface area contributed by atoms with Crippen LogP contribution in [0.25, 0.3) is 5.65 Å². The van der Waals surface area contributed by atoms with E-state index in [9.17, 15) is 4.79 Å². The highest BCUT2D eigenvalue weighted by Gasteiger charge is 2.19. The maximum Gasteiger partial charge on any atom is 0.153 e. The van der Waals surface area contributed by atoms with Gasteiger partial charge in [-0.15, -0.1) is 0 Å². The number of hydrogen-bond donors (Lipinski definition) is 0. The van der Waals surface area contributed by atoms with Crippen molar-refractivity contribution >= 4 is 23.7 Å². The van der Waals surface area contributed by atoms with Gasteiger partial charge in [0.2, 0.25) is 0 Å². The normalized spacial score (nSPS) is 20.6. The van der Waals surface area contributed by atoms with Crippen LogP contribution in [0.3, 0.4) is 0 Å². The highest BCUT2D eigenvalue weighted by molar-refractivity contribution is 7.99. The molecule has 1 aliphatic heterocycles. The van der Waals surface area contributed by atoms with Crippen LogP contribution in [0.5, 0.6) is 0 Å². The Balaban J connectivity index is 2.03. The first-order valence-corrected chi connectivity index (χ1v) is 6.98. The largest absolute Gasteiger partial charge is 0.306 e. The van der Waals surface area contributed by atoms with Gasteiger partial charge in [-0.3, -0.25) is 4.79 Å². The molecule has 1 fully saturated rings. The number of nitrogens with zero attached hydrogens (tertiary/aromatic N) is 2. The van der Waals surface area contributed by atoms with E-state index in [1.807, 2.05) is 34.5 Å². The van der Waals surface area contributed by atoms with Gasteiger partial charge in [-0.1, -0.05) is 6.42 Å². The fourth-order valence-corrected chi connectivity index (χ4v) is 3.55. The lowest BCUT2D eigenvalue weighted by Crippen LogP contribution is -2.02. The summed E-state index contributed by atoms with van der Waals surface area (Å²) in [4.78, 5) is 15.6. The van der Waals surface area contributed by atoms with Gasteiger partial charge in [0.15, 0.2) is 6.29 Å². The van der Waals surface area contributed by atoms with E-state index < -0.39 is 0 Å². The smallest absolute Gasteiger partial charge is 0.153 e. The van der Waals surface area contributed by atoms with Gasteiger partial charge < -0.3 is 4.40 Å². The second-order valence-electron chi connectivity index (χ2n) is 4.33. The molecule has 3 nitrogen and oxygen atoms in total. The number of hydrogen-bond acceptors (Lipinski definition) is 3. The number of carbonyl (C=O) groups excluding carboxylic acids is 1. The molecule has 2 aromatic heterocycles. The molecule has 0 bridgehead atoms. The minimum atomic E-state index is 0.503. The van der Waals surface area contributed by atoms with E-state index in [1.165, 1.54) is 25.0 Å². The molecule has 17 heavy (non-hydrogen) atoms. The maximum atomic E-state index is 10.9. The van der Waals surface area contributed by atoms with Crippen LogP contribution >= 0.6 is 11.8 Å². The van der Waals surface area contributed by atoms with Crippen LogP contribution in [0.15, 0.2) is 24.5 Å². The molecule has 3 heterocycles. The minimum absolute atomic E-state index is 0.503. The van der Waals surface area contributed by atoms with Gasteiger partial charge in [-0.2, -0.15) is 11.8 Å². The fourth-order valence-electron chi connectivity index (χ4n) is 2.27. The molecular formula is C13H14N2OS. The molecule has 0 radical (unpaired) electrons. The molecule has 0 aromatic carbocycles. The summed E-state index contributed by atoms with van der Waals surface area (Å²) in [5.41, 5.74) is 2.56. The Morgan fingerprint density at radius 2 is 2.41 bits per heavy atom. The van der Waals surface area contributed by atoms with Gasteiger partial charge in [0.05, 0.1) is 11.3 Å². The number of imidazole rings is 1. The Morgan fingerprint density at radius 1 is 1.47 bits per heavy atom. The first kappa shape index (κ1) is 10.8. The molecule has 4 heteroatoms. The molecule has 1 aliphatic rings. The van der Waals surface area contributed by atoms with Crippen LogP contribution in [-0.4, -0.2) is 21.4 Å². The molecule has 0 saturated carbocycles. The quantitative estimate of drug-likeness (QED) is 0.764. The summed E-state index contributed by atoms with van der Waals surface area (Å²) in [5.74, 6) is 1.22. The summed E-state index contributed by atoms with van der Waals surface area (Å²) in [5, 5.41) is 0.503. The summed E-state index contributed by atoms with van der Waals surface area (Å²) in [6.07, 6.45) is 8.68.